The summed E-state index contributed by atoms with van der Waals surface area (Å²) in [6.07, 6.45) is 0. The fourth-order valence-corrected chi connectivity index (χ4v) is 0. The molecule has 38 valence electrons. The van der Waals surface area contributed by atoms with Crippen molar-refractivity contribution in [3.05, 3.63) is 0 Å². The third-order valence-corrected chi connectivity index (χ3v) is 11.7. The summed E-state index contributed by atoms with van der Waals surface area (Å²) in [4.78, 5) is 0. The molecule has 1 unspecified atom stereocenters. The Labute approximate surface area is 47.4 Å². The molecule has 2 heteroatoms. The SMILES string of the molecule is C[AsH][Si](C)(C)C. The van der Waals surface area contributed by atoms with Crippen LogP contribution in [-0.2, 0) is 0 Å². The van der Waals surface area contributed by atoms with Crippen LogP contribution >= 0.6 is 0 Å². The minimum atomic E-state index is -0.506. The molecule has 0 spiro atoms. The van der Waals surface area contributed by atoms with E-state index in [1.165, 1.54) is 0 Å². The summed E-state index contributed by atoms with van der Waals surface area (Å²) in [6, 6.07) is 0. The van der Waals surface area contributed by atoms with E-state index >= 15 is 0 Å². The van der Waals surface area contributed by atoms with Gasteiger partial charge in [0.05, 0.1) is 0 Å². The van der Waals surface area contributed by atoms with Gasteiger partial charge in [-0.25, -0.2) is 0 Å². The fourth-order valence-electron chi connectivity index (χ4n) is 0. The van der Waals surface area contributed by atoms with Crippen molar-refractivity contribution >= 4 is 21.6 Å². The van der Waals surface area contributed by atoms with Gasteiger partial charge in [0.2, 0.25) is 0 Å². The molecule has 0 saturated heterocycles. The van der Waals surface area contributed by atoms with Crippen LogP contribution < -0.4 is 0 Å². The van der Waals surface area contributed by atoms with Gasteiger partial charge in [-0.05, 0) is 0 Å². The van der Waals surface area contributed by atoms with Crippen molar-refractivity contribution in [3.8, 4) is 0 Å². The van der Waals surface area contributed by atoms with Crippen molar-refractivity contribution < 1.29 is 0 Å². The second-order valence-electron chi connectivity index (χ2n) is 2.50. The van der Waals surface area contributed by atoms with E-state index in [0.29, 0.717) is 15.1 Å². The van der Waals surface area contributed by atoms with Gasteiger partial charge in [-0.2, -0.15) is 0 Å². The van der Waals surface area contributed by atoms with Gasteiger partial charge in [-0.3, -0.25) is 0 Å². The molecule has 0 nitrogen and oxygen atoms in total. The van der Waals surface area contributed by atoms with Crippen molar-refractivity contribution in [2.75, 3.05) is 0 Å². The molecular weight excluding hydrogens is 151 g/mol. The summed E-state index contributed by atoms with van der Waals surface area (Å²) in [6.45, 7) is 6.81. The van der Waals surface area contributed by atoms with Gasteiger partial charge in [-0.1, -0.05) is 0 Å². The predicted molar refractivity (Wildman–Crippen MR) is 36.4 cm³/mol. The molecule has 0 heterocycles. The molecule has 0 fully saturated rings. The Morgan fingerprint density at radius 1 is 1.17 bits per heavy atom. The van der Waals surface area contributed by atoms with Crippen LogP contribution in [0.15, 0.2) is 0 Å². The molecule has 1 atom stereocenters. The van der Waals surface area contributed by atoms with E-state index in [9.17, 15) is 0 Å². The van der Waals surface area contributed by atoms with Gasteiger partial charge in [-0.15, -0.1) is 0 Å². The van der Waals surface area contributed by atoms with Crippen molar-refractivity contribution in [1.82, 2.24) is 0 Å². The molecule has 0 aromatic rings. The molecule has 0 aliphatic heterocycles. The van der Waals surface area contributed by atoms with E-state index in [4.69, 9.17) is 0 Å². The van der Waals surface area contributed by atoms with Crippen LogP contribution in [0.2, 0.25) is 25.4 Å². The number of hydrogen-bond donors (Lipinski definition) is 0. The average molecular weight is 164 g/mol. The Bertz CT molecular complexity index is 37.3. The summed E-state index contributed by atoms with van der Waals surface area (Å²) in [5.41, 5.74) is 2.40. The predicted octanol–water partition coefficient (Wildman–Crippen LogP) is 1.31. The number of hydrogen-bond acceptors (Lipinski definition) is 0. The van der Waals surface area contributed by atoms with Crippen molar-refractivity contribution in [2.45, 2.75) is 25.4 Å². The molecule has 0 amide bonds. The molecule has 0 saturated carbocycles. The summed E-state index contributed by atoms with van der Waals surface area (Å²) >= 11 is 0.493. The average Bonchev–Trinajstić information content (AvgIpc) is 1.35. The second kappa shape index (κ2) is 2.18. The van der Waals surface area contributed by atoms with Gasteiger partial charge < -0.3 is 0 Å². The van der Waals surface area contributed by atoms with Crippen LogP contribution in [-0.4, -0.2) is 21.6 Å². The summed E-state index contributed by atoms with van der Waals surface area (Å²) < 4.78 is 0. The van der Waals surface area contributed by atoms with Gasteiger partial charge >= 0.3 is 47.0 Å². The van der Waals surface area contributed by atoms with Crippen LogP contribution in [0, 0.1) is 0 Å². The van der Waals surface area contributed by atoms with E-state index in [0.717, 1.165) is 0 Å². The first-order chi connectivity index (χ1) is 2.56. The third kappa shape index (κ3) is 4.78. The van der Waals surface area contributed by atoms with Crippen LogP contribution in [0.5, 0.6) is 0 Å². The van der Waals surface area contributed by atoms with E-state index in [1.807, 2.05) is 0 Å². The van der Waals surface area contributed by atoms with Crippen LogP contribution in [0.25, 0.3) is 0 Å². The van der Waals surface area contributed by atoms with E-state index in [2.05, 4.69) is 25.4 Å². The molecule has 0 aliphatic rings. The standard InChI is InChI=1S/C4H13AsSi/c1-5-6(2,3)4/h5H,1-4H3. The minimum absolute atomic E-state index is 0.493. The van der Waals surface area contributed by atoms with Crippen molar-refractivity contribution in [1.29, 1.82) is 0 Å². The first-order valence-corrected chi connectivity index (χ1v) is 11.0. The zero-order valence-corrected chi connectivity index (χ0v) is 8.10. The summed E-state index contributed by atoms with van der Waals surface area (Å²) in [5, 5.41) is 0. The van der Waals surface area contributed by atoms with E-state index < -0.39 is 6.54 Å². The Balaban J connectivity index is 3.17. The topological polar surface area (TPSA) is 0 Å². The molecule has 0 N–H and O–H groups in total. The van der Waals surface area contributed by atoms with Crippen molar-refractivity contribution in [2.24, 2.45) is 0 Å². The van der Waals surface area contributed by atoms with Gasteiger partial charge in [0.1, 0.15) is 0 Å². The molecule has 0 bridgehead atoms. The monoisotopic (exact) mass is 164 g/mol. The van der Waals surface area contributed by atoms with E-state index in [-0.39, 0.29) is 0 Å². The molecular formula is C4H13AsSi. The normalized spacial score (nSPS) is 14.0. The molecule has 0 radical (unpaired) electrons. The van der Waals surface area contributed by atoms with Crippen LogP contribution in [0.4, 0.5) is 0 Å². The maximum absolute atomic E-state index is 2.44. The first kappa shape index (κ1) is 6.78. The molecule has 0 aromatic heterocycles. The van der Waals surface area contributed by atoms with E-state index in [1.54, 1.807) is 0 Å². The first-order valence-electron chi connectivity index (χ1n) is 2.25. The van der Waals surface area contributed by atoms with Crippen LogP contribution in [0.1, 0.15) is 0 Å². The summed E-state index contributed by atoms with van der Waals surface area (Å²) in [5.74, 6) is 0. The Morgan fingerprint density at radius 3 is 1.33 bits per heavy atom. The van der Waals surface area contributed by atoms with Gasteiger partial charge in [0, 0.05) is 0 Å². The summed E-state index contributed by atoms with van der Waals surface area (Å²) in [7, 11) is 0. The Hall–Kier alpha value is 0.775. The quantitative estimate of drug-likeness (QED) is 0.512. The molecule has 6 heavy (non-hydrogen) atoms. The number of rotatable bonds is 1. The zero-order valence-electron chi connectivity index (χ0n) is 5.00. The van der Waals surface area contributed by atoms with Crippen LogP contribution in [0.3, 0.4) is 0 Å². The second-order valence-corrected chi connectivity index (χ2v) is 20.1. The zero-order chi connectivity index (χ0) is 5.21. The maximum atomic E-state index is 2.44. The van der Waals surface area contributed by atoms with Gasteiger partial charge in [0.25, 0.3) is 0 Å². The Kier molecular flexibility index (Phi) is 2.46. The van der Waals surface area contributed by atoms with Crippen molar-refractivity contribution in [3.63, 3.8) is 0 Å². The Morgan fingerprint density at radius 2 is 1.33 bits per heavy atom. The third-order valence-electron chi connectivity index (χ3n) is 0.750. The fraction of sp³-hybridized carbons (Fsp3) is 1.00. The molecule has 0 rings (SSSR count). The van der Waals surface area contributed by atoms with Gasteiger partial charge in [0.15, 0.2) is 0 Å². The molecule has 0 aliphatic carbocycles. The molecule has 0 aromatic carbocycles.